The van der Waals surface area contributed by atoms with Crippen LogP contribution in [0.2, 0.25) is 0 Å². The van der Waals surface area contributed by atoms with Crippen molar-refractivity contribution in [3.63, 3.8) is 0 Å². The van der Waals surface area contributed by atoms with Gasteiger partial charge in [-0.25, -0.2) is 4.79 Å². The molecule has 3 heterocycles. The van der Waals surface area contributed by atoms with E-state index in [1.807, 2.05) is 17.9 Å². The second-order valence-corrected chi connectivity index (χ2v) is 11.7. The van der Waals surface area contributed by atoms with Crippen LogP contribution in [0.25, 0.3) is 0 Å². The number of ether oxygens (including phenoxy) is 1. The molecule has 0 atom stereocenters. The molecule has 4 aliphatic rings. The molecule has 0 spiro atoms. The van der Waals surface area contributed by atoms with Crippen molar-refractivity contribution in [2.24, 2.45) is 17.8 Å². The molecule has 3 saturated heterocycles. The van der Waals surface area contributed by atoms with Crippen LogP contribution in [-0.2, 0) is 14.4 Å². The molecule has 9 nitrogen and oxygen atoms in total. The highest BCUT2D eigenvalue weighted by molar-refractivity contribution is 6.06. The number of hydrogen-bond acceptors (Lipinski definition) is 5. The molecule has 1 aromatic carbocycles. The Hall–Kier alpha value is -3.10. The number of likely N-dealkylation sites (tertiary alicyclic amines) is 2. The Morgan fingerprint density at radius 2 is 1.51 bits per heavy atom. The fourth-order valence-electron chi connectivity index (χ4n) is 6.82. The maximum absolute atomic E-state index is 12.9. The number of amides is 5. The fourth-order valence-corrected chi connectivity index (χ4v) is 6.82. The van der Waals surface area contributed by atoms with E-state index in [0.717, 1.165) is 70.3 Å². The van der Waals surface area contributed by atoms with Crippen LogP contribution >= 0.6 is 0 Å². The minimum Gasteiger partial charge on any atom is -0.484 e. The van der Waals surface area contributed by atoms with Crippen molar-refractivity contribution >= 4 is 29.4 Å². The SMILES string of the molecule is Cc1ccc(OCC(=O)N2CCC(C3CCN(C(=O)C4CCCCC4)CC3)CC2)cc1N1CCC(=O)NC1=O. The van der Waals surface area contributed by atoms with Crippen molar-refractivity contribution in [2.75, 3.05) is 44.2 Å². The zero-order valence-corrected chi connectivity index (χ0v) is 23.2. The van der Waals surface area contributed by atoms with Gasteiger partial charge < -0.3 is 14.5 Å². The summed E-state index contributed by atoms with van der Waals surface area (Å²) in [5.74, 6) is 2.14. The van der Waals surface area contributed by atoms with Crippen LogP contribution < -0.4 is 15.0 Å². The summed E-state index contributed by atoms with van der Waals surface area (Å²) in [4.78, 5) is 55.1. The number of aryl methyl sites for hydroxylation is 1. The van der Waals surface area contributed by atoms with Crippen molar-refractivity contribution in [1.29, 1.82) is 0 Å². The highest BCUT2D eigenvalue weighted by Gasteiger charge is 2.34. The normalized spacial score (nSPS) is 22.1. The monoisotopic (exact) mass is 538 g/mol. The summed E-state index contributed by atoms with van der Waals surface area (Å²) in [6, 6.07) is 4.98. The first-order chi connectivity index (χ1) is 18.9. The van der Waals surface area contributed by atoms with Crippen LogP contribution in [0.5, 0.6) is 5.75 Å². The summed E-state index contributed by atoms with van der Waals surface area (Å²) < 4.78 is 5.84. The van der Waals surface area contributed by atoms with Gasteiger partial charge in [0.1, 0.15) is 5.75 Å². The molecule has 4 fully saturated rings. The van der Waals surface area contributed by atoms with Gasteiger partial charge in [-0.3, -0.25) is 24.6 Å². The van der Waals surface area contributed by atoms with E-state index in [0.29, 0.717) is 35.7 Å². The molecule has 0 aromatic heterocycles. The lowest BCUT2D eigenvalue weighted by Gasteiger charge is -2.41. The predicted octanol–water partition coefficient (Wildman–Crippen LogP) is 3.88. The van der Waals surface area contributed by atoms with E-state index in [9.17, 15) is 19.2 Å². The molecule has 0 bridgehead atoms. The van der Waals surface area contributed by atoms with E-state index in [1.165, 1.54) is 24.2 Å². The largest absolute Gasteiger partial charge is 0.484 e. The number of hydrogen-bond donors (Lipinski definition) is 1. The molecule has 5 rings (SSSR count). The van der Waals surface area contributed by atoms with Crippen molar-refractivity contribution in [3.05, 3.63) is 23.8 Å². The van der Waals surface area contributed by atoms with Crippen molar-refractivity contribution in [3.8, 4) is 5.75 Å². The molecule has 0 unspecified atom stereocenters. The number of carbonyl (C=O) groups excluding carboxylic acids is 4. The summed E-state index contributed by atoms with van der Waals surface area (Å²) in [6.07, 6.45) is 10.2. The lowest BCUT2D eigenvalue weighted by atomic mass is 9.78. The summed E-state index contributed by atoms with van der Waals surface area (Å²) in [5, 5.41) is 2.34. The van der Waals surface area contributed by atoms with E-state index in [4.69, 9.17) is 4.74 Å². The van der Waals surface area contributed by atoms with Gasteiger partial charge in [-0.05, 0) is 68.9 Å². The van der Waals surface area contributed by atoms with Crippen LogP contribution in [0.4, 0.5) is 10.5 Å². The van der Waals surface area contributed by atoms with Crippen LogP contribution in [0.15, 0.2) is 18.2 Å². The molecule has 1 aliphatic carbocycles. The summed E-state index contributed by atoms with van der Waals surface area (Å²) >= 11 is 0. The maximum atomic E-state index is 12.9. The Kier molecular flexibility index (Phi) is 8.72. The molecular formula is C30H42N4O5. The number of carbonyl (C=O) groups is 4. The number of benzene rings is 1. The van der Waals surface area contributed by atoms with Gasteiger partial charge in [0.15, 0.2) is 6.61 Å². The molecule has 1 N–H and O–H groups in total. The predicted molar refractivity (Wildman–Crippen MR) is 147 cm³/mol. The average molecular weight is 539 g/mol. The van der Waals surface area contributed by atoms with E-state index in [-0.39, 0.29) is 30.8 Å². The molecule has 1 aromatic rings. The molecule has 3 aliphatic heterocycles. The third kappa shape index (κ3) is 6.56. The van der Waals surface area contributed by atoms with E-state index >= 15 is 0 Å². The van der Waals surface area contributed by atoms with E-state index < -0.39 is 6.03 Å². The summed E-state index contributed by atoms with van der Waals surface area (Å²) in [6.45, 7) is 5.45. The molecular weight excluding hydrogens is 496 g/mol. The molecule has 9 heteroatoms. The fraction of sp³-hybridized carbons (Fsp3) is 0.667. The maximum Gasteiger partial charge on any atom is 0.328 e. The Labute approximate surface area is 231 Å². The molecule has 0 radical (unpaired) electrons. The van der Waals surface area contributed by atoms with Crippen molar-refractivity contribution < 1.29 is 23.9 Å². The quantitative estimate of drug-likeness (QED) is 0.593. The van der Waals surface area contributed by atoms with E-state index in [1.54, 1.807) is 12.1 Å². The molecule has 212 valence electrons. The molecule has 39 heavy (non-hydrogen) atoms. The third-order valence-corrected chi connectivity index (χ3v) is 9.25. The zero-order valence-electron chi connectivity index (χ0n) is 23.2. The van der Waals surface area contributed by atoms with Crippen LogP contribution in [0, 0.1) is 24.7 Å². The van der Waals surface area contributed by atoms with Gasteiger partial charge in [0.25, 0.3) is 5.91 Å². The number of rotatable bonds is 6. The van der Waals surface area contributed by atoms with E-state index in [2.05, 4.69) is 10.2 Å². The van der Waals surface area contributed by atoms with Gasteiger partial charge in [-0.15, -0.1) is 0 Å². The summed E-state index contributed by atoms with van der Waals surface area (Å²) in [5.41, 5.74) is 1.57. The average Bonchev–Trinajstić information content (AvgIpc) is 2.97. The van der Waals surface area contributed by atoms with Gasteiger partial charge in [0.2, 0.25) is 11.8 Å². The van der Waals surface area contributed by atoms with Crippen LogP contribution in [0.1, 0.15) is 69.8 Å². The number of nitrogens with zero attached hydrogens (tertiary/aromatic N) is 3. The Bertz CT molecular complexity index is 1070. The summed E-state index contributed by atoms with van der Waals surface area (Å²) in [7, 11) is 0. The van der Waals surface area contributed by atoms with Gasteiger partial charge in [0, 0.05) is 51.1 Å². The van der Waals surface area contributed by atoms with Crippen molar-refractivity contribution in [2.45, 2.75) is 71.1 Å². The molecule has 5 amide bonds. The zero-order chi connectivity index (χ0) is 27.4. The number of urea groups is 1. The van der Waals surface area contributed by atoms with Gasteiger partial charge >= 0.3 is 6.03 Å². The first-order valence-electron chi connectivity index (χ1n) is 14.8. The smallest absolute Gasteiger partial charge is 0.328 e. The highest BCUT2D eigenvalue weighted by Crippen LogP contribution is 2.34. The third-order valence-electron chi connectivity index (χ3n) is 9.25. The highest BCUT2D eigenvalue weighted by atomic mass is 16.5. The second kappa shape index (κ2) is 12.4. The minimum absolute atomic E-state index is 0.0233. The number of nitrogens with one attached hydrogen (secondary N) is 1. The Balaban J connectivity index is 1.06. The van der Waals surface area contributed by atoms with Crippen LogP contribution in [-0.4, -0.2) is 72.9 Å². The standard InChI is InChI=1S/C30H42N4O5/c1-21-7-8-25(19-26(21)34-18-13-27(35)31-30(34)38)39-20-28(36)32-14-9-22(10-15-32)23-11-16-33(17-12-23)29(37)24-5-3-2-4-6-24/h7-8,19,22-24H,2-6,9-18,20H2,1H3,(H,31,35,38). The topological polar surface area (TPSA) is 99.3 Å². The molecule has 1 saturated carbocycles. The lowest BCUT2D eigenvalue weighted by Crippen LogP contribution is -2.49. The first kappa shape index (κ1) is 27.5. The van der Waals surface area contributed by atoms with Gasteiger partial charge in [-0.2, -0.15) is 0 Å². The number of anilines is 1. The Morgan fingerprint density at radius 1 is 0.872 bits per heavy atom. The number of piperidine rings is 2. The van der Waals surface area contributed by atoms with Crippen LogP contribution in [0.3, 0.4) is 0 Å². The lowest BCUT2D eigenvalue weighted by molar-refractivity contribution is -0.139. The first-order valence-corrected chi connectivity index (χ1v) is 14.8. The number of imide groups is 1. The Morgan fingerprint density at radius 3 is 2.15 bits per heavy atom. The van der Waals surface area contributed by atoms with Gasteiger partial charge in [-0.1, -0.05) is 25.3 Å². The van der Waals surface area contributed by atoms with Crippen molar-refractivity contribution in [1.82, 2.24) is 15.1 Å². The second-order valence-electron chi connectivity index (χ2n) is 11.7. The van der Waals surface area contributed by atoms with Gasteiger partial charge in [0.05, 0.1) is 5.69 Å². The minimum atomic E-state index is -0.438.